The lowest BCUT2D eigenvalue weighted by molar-refractivity contribution is 0.577. The van der Waals surface area contributed by atoms with Gasteiger partial charge in [0.15, 0.2) is 0 Å². The first kappa shape index (κ1) is 11.6. The smallest absolute Gasteiger partial charge is 0.314 e. The third-order valence-electron chi connectivity index (χ3n) is 2.91. The van der Waals surface area contributed by atoms with E-state index in [-0.39, 0.29) is 6.04 Å². The topological polar surface area (TPSA) is 77.8 Å². The first-order valence-corrected chi connectivity index (χ1v) is 5.59. The Kier molecular flexibility index (Phi) is 3.10. The molecule has 0 saturated heterocycles. The van der Waals surface area contributed by atoms with Gasteiger partial charge in [-0.15, -0.1) is 0 Å². The summed E-state index contributed by atoms with van der Waals surface area (Å²) in [6, 6.07) is 5.88. The van der Waals surface area contributed by atoms with Crippen LogP contribution < -0.4 is 16.4 Å². The SMILES string of the molecule is CCC(NC)c1ccc2[nH]c(=O)c(=O)[nH]c2c1. The molecule has 0 saturated carbocycles. The Labute approximate surface area is 97.9 Å². The van der Waals surface area contributed by atoms with Crippen molar-refractivity contribution in [1.82, 2.24) is 15.3 Å². The maximum absolute atomic E-state index is 11.2. The number of rotatable bonds is 3. The highest BCUT2D eigenvalue weighted by Gasteiger charge is 2.07. The lowest BCUT2D eigenvalue weighted by Crippen LogP contribution is -2.29. The molecule has 0 aliphatic heterocycles. The molecule has 0 bridgehead atoms. The van der Waals surface area contributed by atoms with Crippen LogP contribution in [0.3, 0.4) is 0 Å². The van der Waals surface area contributed by atoms with Crippen LogP contribution in [0.1, 0.15) is 24.9 Å². The molecule has 1 heterocycles. The van der Waals surface area contributed by atoms with Gasteiger partial charge in [0.05, 0.1) is 11.0 Å². The number of aromatic nitrogens is 2. The number of benzene rings is 1. The summed E-state index contributed by atoms with van der Waals surface area (Å²) in [5.74, 6) is 0. The minimum absolute atomic E-state index is 0.245. The maximum atomic E-state index is 11.2. The van der Waals surface area contributed by atoms with E-state index in [0.717, 1.165) is 12.0 Å². The summed E-state index contributed by atoms with van der Waals surface area (Å²) in [6.45, 7) is 2.08. The second-order valence-electron chi connectivity index (χ2n) is 3.96. The Balaban J connectivity index is 2.61. The molecular formula is C12H15N3O2. The molecule has 1 unspecified atom stereocenters. The van der Waals surface area contributed by atoms with Crippen LogP contribution in [0.4, 0.5) is 0 Å². The Bertz CT molecular complexity index is 638. The normalized spacial score (nSPS) is 12.8. The largest absolute Gasteiger partial charge is 0.316 e. The Hall–Kier alpha value is -1.88. The van der Waals surface area contributed by atoms with Crippen LogP contribution in [0.15, 0.2) is 27.8 Å². The summed E-state index contributed by atoms with van der Waals surface area (Å²) in [7, 11) is 1.90. The van der Waals surface area contributed by atoms with Crippen LogP contribution >= 0.6 is 0 Å². The third kappa shape index (κ3) is 2.14. The molecule has 1 aromatic carbocycles. The van der Waals surface area contributed by atoms with Gasteiger partial charge in [0.25, 0.3) is 0 Å². The van der Waals surface area contributed by atoms with Crippen LogP contribution in [-0.2, 0) is 0 Å². The van der Waals surface area contributed by atoms with E-state index in [1.54, 1.807) is 0 Å². The number of hydrogen-bond donors (Lipinski definition) is 3. The Morgan fingerprint density at radius 3 is 2.41 bits per heavy atom. The standard InChI is InChI=1S/C12H15N3O2/c1-3-8(13-2)7-4-5-9-10(6-7)15-12(17)11(16)14-9/h4-6,8,13H,3H2,1-2H3,(H,14,16)(H,15,17). The summed E-state index contributed by atoms with van der Waals surface area (Å²) in [6.07, 6.45) is 0.954. The average Bonchev–Trinajstić information content (AvgIpc) is 2.32. The summed E-state index contributed by atoms with van der Waals surface area (Å²) in [4.78, 5) is 27.5. The molecule has 17 heavy (non-hydrogen) atoms. The van der Waals surface area contributed by atoms with Crippen LogP contribution in [0.5, 0.6) is 0 Å². The van der Waals surface area contributed by atoms with Crippen LogP contribution in [0, 0.1) is 0 Å². The molecule has 0 radical (unpaired) electrons. The van der Waals surface area contributed by atoms with Crippen molar-refractivity contribution < 1.29 is 0 Å². The van der Waals surface area contributed by atoms with Crippen LogP contribution in [0.2, 0.25) is 0 Å². The number of nitrogens with one attached hydrogen (secondary N) is 3. The van der Waals surface area contributed by atoms with Crippen molar-refractivity contribution in [3.63, 3.8) is 0 Å². The summed E-state index contributed by atoms with van der Waals surface area (Å²) < 4.78 is 0. The lowest BCUT2D eigenvalue weighted by Gasteiger charge is -2.14. The molecule has 2 aromatic rings. The molecule has 90 valence electrons. The minimum atomic E-state index is -0.620. The quantitative estimate of drug-likeness (QED) is 0.689. The van der Waals surface area contributed by atoms with E-state index in [0.29, 0.717) is 11.0 Å². The van der Waals surface area contributed by atoms with Gasteiger partial charge in [-0.3, -0.25) is 9.59 Å². The van der Waals surface area contributed by atoms with Crippen molar-refractivity contribution in [1.29, 1.82) is 0 Å². The monoisotopic (exact) mass is 233 g/mol. The van der Waals surface area contributed by atoms with E-state index < -0.39 is 11.1 Å². The molecule has 0 fully saturated rings. The zero-order valence-electron chi connectivity index (χ0n) is 9.83. The fraction of sp³-hybridized carbons (Fsp3) is 0.333. The molecule has 5 heteroatoms. The van der Waals surface area contributed by atoms with E-state index in [4.69, 9.17) is 0 Å². The molecule has 0 aliphatic carbocycles. The molecule has 0 aliphatic rings. The lowest BCUT2D eigenvalue weighted by atomic mass is 10.0. The van der Waals surface area contributed by atoms with Gasteiger partial charge in [0.1, 0.15) is 0 Å². The first-order valence-electron chi connectivity index (χ1n) is 5.59. The molecule has 0 spiro atoms. The van der Waals surface area contributed by atoms with Crippen molar-refractivity contribution in [2.75, 3.05) is 7.05 Å². The molecule has 5 nitrogen and oxygen atoms in total. The summed E-state index contributed by atoms with van der Waals surface area (Å²) >= 11 is 0. The van der Waals surface area contributed by atoms with Gasteiger partial charge >= 0.3 is 11.1 Å². The first-order chi connectivity index (χ1) is 8.15. The highest BCUT2D eigenvalue weighted by Crippen LogP contribution is 2.18. The van der Waals surface area contributed by atoms with Gasteiger partial charge in [-0.2, -0.15) is 0 Å². The van der Waals surface area contributed by atoms with E-state index in [9.17, 15) is 9.59 Å². The van der Waals surface area contributed by atoms with Gasteiger partial charge in [-0.05, 0) is 31.2 Å². The molecule has 1 atom stereocenters. The molecule has 2 rings (SSSR count). The molecule has 1 aromatic heterocycles. The van der Waals surface area contributed by atoms with Crippen molar-refractivity contribution in [3.05, 3.63) is 44.5 Å². The number of fused-ring (bicyclic) bond motifs is 1. The van der Waals surface area contributed by atoms with Gasteiger partial charge in [-0.1, -0.05) is 13.0 Å². The fourth-order valence-corrected chi connectivity index (χ4v) is 1.96. The molecular weight excluding hydrogens is 218 g/mol. The molecule has 0 amide bonds. The van der Waals surface area contributed by atoms with Gasteiger partial charge in [-0.25, -0.2) is 0 Å². The van der Waals surface area contributed by atoms with Gasteiger partial charge in [0, 0.05) is 6.04 Å². The second kappa shape index (κ2) is 4.55. The highest BCUT2D eigenvalue weighted by molar-refractivity contribution is 5.74. The van der Waals surface area contributed by atoms with E-state index in [1.165, 1.54) is 0 Å². The number of aromatic amines is 2. The third-order valence-corrected chi connectivity index (χ3v) is 2.91. The van der Waals surface area contributed by atoms with E-state index in [1.807, 2.05) is 25.2 Å². The minimum Gasteiger partial charge on any atom is -0.316 e. The summed E-state index contributed by atoms with van der Waals surface area (Å²) in [5.41, 5.74) is 1.15. The van der Waals surface area contributed by atoms with Gasteiger partial charge < -0.3 is 15.3 Å². The van der Waals surface area contributed by atoms with Gasteiger partial charge in [0.2, 0.25) is 0 Å². The maximum Gasteiger partial charge on any atom is 0.314 e. The number of hydrogen-bond acceptors (Lipinski definition) is 3. The zero-order valence-corrected chi connectivity index (χ0v) is 9.83. The Morgan fingerprint density at radius 1 is 1.18 bits per heavy atom. The fourth-order valence-electron chi connectivity index (χ4n) is 1.96. The average molecular weight is 233 g/mol. The van der Waals surface area contributed by atoms with Crippen LogP contribution in [0.25, 0.3) is 11.0 Å². The predicted octanol–water partition coefficient (Wildman–Crippen LogP) is 0.887. The van der Waals surface area contributed by atoms with Crippen LogP contribution in [-0.4, -0.2) is 17.0 Å². The van der Waals surface area contributed by atoms with Crippen molar-refractivity contribution >= 4 is 11.0 Å². The van der Waals surface area contributed by atoms with E-state index in [2.05, 4.69) is 22.2 Å². The predicted molar refractivity (Wildman–Crippen MR) is 67.3 cm³/mol. The summed E-state index contributed by atoms with van der Waals surface area (Å²) in [5, 5.41) is 3.19. The van der Waals surface area contributed by atoms with Crippen molar-refractivity contribution in [3.8, 4) is 0 Å². The Morgan fingerprint density at radius 2 is 1.82 bits per heavy atom. The van der Waals surface area contributed by atoms with Crippen molar-refractivity contribution in [2.45, 2.75) is 19.4 Å². The van der Waals surface area contributed by atoms with Crippen molar-refractivity contribution in [2.24, 2.45) is 0 Å². The highest BCUT2D eigenvalue weighted by atomic mass is 16.2. The zero-order chi connectivity index (χ0) is 12.4. The number of H-pyrrole nitrogens is 2. The molecule has 3 N–H and O–H groups in total. The second-order valence-corrected chi connectivity index (χ2v) is 3.96. The van der Waals surface area contributed by atoms with E-state index >= 15 is 0 Å².